The molecule has 0 spiro atoms. The predicted molar refractivity (Wildman–Crippen MR) is 81.8 cm³/mol. The number of thioether (sulfide) groups is 1. The van der Waals surface area contributed by atoms with E-state index < -0.39 is 0 Å². The van der Waals surface area contributed by atoms with Crippen LogP contribution in [0, 0.1) is 0 Å². The van der Waals surface area contributed by atoms with Gasteiger partial charge in [0.15, 0.2) is 0 Å². The molecule has 0 radical (unpaired) electrons. The zero-order chi connectivity index (χ0) is 13.2. The summed E-state index contributed by atoms with van der Waals surface area (Å²) in [6.07, 6.45) is 4.64. The first kappa shape index (κ1) is 13.0. The number of ether oxygens (including phenoxy) is 1. The van der Waals surface area contributed by atoms with E-state index in [1.165, 1.54) is 16.5 Å². The highest BCUT2D eigenvalue weighted by Gasteiger charge is 2.27. The minimum absolute atomic E-state index is 0.176. The summed E-state index contributed by atoms with van der Waals surface area (Å²) in [5.74, 6) is 1.06. The van der Waals surface area contributed by atoms with Gasteiger partial charge in [-0.05, 0) is 31.0 Å². The normalized spacial score (nSPS) is 24.9. The topological polar surface area (TPSA) is 28.3 Å². The summed E-state index contributed by atoms with van der Waals surface area (Å²) < 4.78 is 6.28. The van der Waals surface area contributed by atoms with Crippen LogP contribution in [0.15, 0.2) is 30.5 Å². The zero-order valence-corrected chi connectivity index (χ0v) is 12.2. The fourth-order valence-electron chi connectivity index (χ4n) is 2.86. The van der Waals surface area contributed by atoms with Gasteiger partial charge in [0.1, 0.15) is 0 Å². The van der Waals surface area contributed by atoms with Crippen molar-refractivity contribution in [2.24, 2.45) is 0 Å². The number of morpholine rings is 1. The summed E-state index contributed by atoms with van der Waals surface area (Å²) in [5, 5.41) is 1.28. The summed E-state index contributed by atoms with van der Waals surface area (Å²) in [4.78, 5) is 5.65. The molecule has 4 heteroatoms. The number of aromatic amines is 1. The van der Waals surface area contributed by atoms with E-state index in [0.717, 1.165) is 18.8 Å². The second-order valence-electron chi connectivity index (χ2n) is 5.21. The minimum atomic E-state index is 0.176. The number of hydrogen-bond donors (Lipinski definition) is 1. The average molecular weight is 276 g/mol. The van der Waals surface area contributed by atoms with E-state index >= 15 is 0 Å². The van der Waals surface area contributed by atoms with Gasteiger partial charge in [-0.1, -0.05) is 12.1 Å². The molecule has 1 aromatic carbocycles. The molecule has 2 aromatic rings. The van der Waals surface area contributed by atoms with E-state index in [-0.39, 0.29) is 6.10 Å². The molecule has 1 aromatic heterocycles. The van der Waals surface area contributed by atoms with Crippen LogP contribution in [-0.2, 0) is 4.74 Å². The smallest absolute Gasteiger partial charge is 0.0963 e. The van der Waals surface area contributed by atoms with Crippen LogP contribution in [0.1, 0.15) is 11.7 Å². The van der Waals surface area contributed by atoms with E-state index in [0.29, 0.717) is 6.10 Å². The average Bonchev–Trinajstić information content (AvgIpc) is 2.86. The fraction of sp³-hybridized carbons (Fsp3) is 0.467. The Kier molecular flexibility index (Phi) is 3.82. The van der Waals surface area contributed by atoms with Crippen molar-refractivity contribution in [3.05, 3.63) is 36.0 Å². The molecule has 1 fully saturated rings. The summed E-state index contributed by atoms with van der Waals surface area (Å²) in [7, 11) is 2.18. The minimum Gasteiger partial charge on any atom is -0.367 e. The first-order valence-corrected chi connectivity index (χ1v) is 8.06. The molecular weight excluding hydrogens is 256 g/mol. The van der Waals surface area contributed by atoms with Crippen molar-refractivity contribution >= 4 is 22.7 Å². The third-order valence-corrected chi connectivity index (χ3v) is 4.38. The Balaban J connectivity index is 1.90. The van der Waals surface area contributed by atoms with Crippen molar-refractivity contribution in [3.8, 4) is 0 Å². The number of rotatable bonds is 3. The number of aromatic nitrogens is 1. The van der Waals surface area contributed by atoms with Crippen LogP contribution in [-0.4, -0.2) is 48.1 Å². The van der Waals surface area contributed by atoms with E-state index in [4.69, 9.17) is 4.74 Å². The second kappa shape index (κ2) is 5.57. The van der Waals surface area contributed by atoms with Crippen LogP contribution in [0.3, 0.4) is 0 Å². The first-order chi connectivity index (χ1) is 9.28. The second-order valence-corrected chi connectivity index (χ2v) is 6.12. The van der Waals surface area contributed by atoms with Gasteiger partial charge in [0.05, 0.1) is 12.2 Å². The van der Waals surface area contributed by atoms with Gasteiger partial charge in [0, 0.05) is 35.9 Å². The van der Waals surface area contributed by atoms with Gasteiger partial charge in [-0.15, -0.1) is 0 Å². The van der Waals surface area contributed by atoms with Gasteiger partial charge in [-0.3, -0.25) is 0 Å². The van der Waals surface area contributed by atoms with Gasteiger partial charge in [0.25, 0.3) is 0 Å². The van der Waals surface area contributed by atoms with Crippen molar-refractivity contribution in [2.45, 2.75) is 12.2 Å². The Hall–Kier alpha value is -0.970. The SMILES string of the molecule is CSC[C@H]1CN(C)C[C@@H](c2cccc3[nH]ccc23)O1. The highest BCUT2D eigenvalue weighted by molar-refractivity contribution is 7.98. The monoisotopic (exact) mass is 276 g/mol. The van der Waals surface area contributed by atoms with Crippen molar-refractivity contribution < 1.29 is 4.74 Å². The van der Waals surface area contributed by atoms with E-state index in [1.54, 1.807) is 0 Å². The molecule has 0 unspecified atom stereocenters. The summed E-state index contributed by atoms with van der Waals surface area (Å²) in [6.45, 7) is 2.00. The molecule has 1 saturated heterocycles. The lowest BCUT2D eigenvalue weighted by atomic mass is 10.0. The van der Waals surface area contributed by atoms with Gasteiger partial charge >= 0.3 is 0 Å². The number of H-pyrrole nitrogens is 1. The van der Waals surface area contributed by atoms with Crippen LogP contribution in [0.5, 0.6) is 0 Å². The van der Waals surface area contributed by atoms with E-state index in [9.17, 15) is 0 Å². The lowest BCUT2D eigenvalue weighted by Gasteiger charge is -2.36. The summed E-state index contributed by atoms with van der Waals surface area (Å²) in [6, 6.07) is 8.56. The zero-order valence-electron chi connectivity index (χ0n) is 11.4. The summed E-state index contributed by atoms with van der Waals surface area (Å²) in [5.41, 5.74) is 2.49. The molecule has 2 heterocycles. The fourth-order valence-corrected chi connectivity index (χ4v) is 3.42. The van der Waals surface area contributed by atoms with Crippen LogP contribution < -0.4 is 0 Å². The van der Waals surface area contributed by atoms with Crippen LogP contribution >= 0.6 is 11.8 Å². The highest BCUT2D eigenvalue weighted by Crippen LogP contribution is 2.30. The van der Waals surface area contributed by atoms with Crippen LogP contribution in [0.25, 0.3) is 10.9 Å². The molecule has 102 valence electrons. The highest BCUT2D eigenvalue weighted by atomic mass is 32.2. The Morgan fingerprint density at radius 2 is 2.26 bits per heavy atom. The standard InChI is InChI=1S/C15H20N2OS/c1-17-8-11(10-19-2)18-15(9-17)13-4-3-5-14-12(13)6-7-16-14/h3-7,11,15-16H,8-10H2,1-2H3/t11-,15+/m1/s1. The number of fused-ring (bicyclic) bond motifs is 1. The molecule has 0 aliphatic carbocycles. The Morgan fingerprint density at radius 3 is 3.11 bits per heavy atom. The van der Waals surface area contributed by atoms with Crippen LogP contribution in [0.4, 0.5) is 0 Å². The Labute approximate surface area is 118 Å². The summed E-state index contributed by atoms with van der Waals surface area (Å²) >= 11 is 1.85. The molecule has 0 bridgehead atoms. The number of hydrogen-bond acceptors (Lipinski definition) is 3. The van der Waals surface area contributed by atoms with Crippen molar-refractivity contribution in [2.75, 3.05) is 32.1 Å². The Bertz CT molecular complexity index is 554. The lowest BCUT2D eigenvalue weighted by molar-refractivity contribution is -0.0686. The molecule has 19 heavy (non-hydrogen) atoms. The van der Waals surface area contributed by atoms with Crippen molar-refractivity contribution in [1.82, 2.24) is 9.88 Å². The molecule has 1 N–H and O–H groups in total. The maximum Gasteiger partial charge on any atom is 0.0963 e. The molecule has 0 saturated carbocycles. The molecule has 2 atom stereocenters. The lowest BCUT2D eigenvalue weighted by Crippen LogP contribution is -2.42. The van der Waals surface area contributed by atoms with Gasteiger partial charge in [0.2, 0.25) is 0 Å². The third-order valence-electron chi connectivity index (χ3n) is 3.68. The molecular formula is C15H20N2OS. The third kappa shape index (κ3) is 2.66. The molecule has 3 nitrogen and oxygen atoms in total. The number of benzene rings is 1. The van der Waals surface area contributed by atoms with Gasteiger partial charge in [-0.25, -0.2) is 0 Å². The number of likely N-dealkylation sites (N-methyl/N-ethyl adjacent to an activating group) is 1. The Morgan fingerprint density at radius 1 is 1.37 bits per heavy atom. The number of nitrogens with one attached hydrogen (secondary N) is 1. The first-order valence-electron chi connectivity index (χ1n) is 6.67. The van der Waals surface area contributed by atoms with Crippen molar-refractivity contribution in [1.29, 1.82) is 0 Å². The molecule has 0 amide bonds. The van der Waals surface area contributed by atoms with Crippen LogP contribution in [0.2, 0.25) is 0 Å². The van der Waals surface area contributed by atoms with Crippen molar-refractivity contribution in [3.63, 3.8) is 0 Å². The molecule has 1 aliphatic rings. The molecule has 1 aliphatic heterocycles. The number of nitrogens with zero attached hydrogens (tertiary/aromatic N) is 1. The molecule has 3 rings (SSSR count). The maximum absolute atomic E-state index is 6.28. The largest absolute Gasteiger partial charge is 0.367 e. The quantitative estimate of drug-likeness (QED) is 0.934. The van der Waals surface area contributed by atoms with Gasteiger partial charge < -0.3 is 14.6 Å². The van der Waals surface area contributed by atoms with E-state index in [1.807, 2.05) is 18.0 Å². The maximum atomic E-state index is 6.28. The van der Waals surface area contributed by atoms with Gasteiger partial charge in [-0.2, -0.15) is 11.8 Å². The van der Waals surface area contributed by atoms with E-state index in [2.05, 4.69) is 47.5 Å². The predicted octanol–water partition coefficient (Wildman–Crippen LogP) is 2.90.